The SMILES string of the molecule is CCN1C(=O)C(=Cc2ccc(N3CCCC3)cc2)C(=O)N(CC)C1=S. The molecule has 2 aliphatic rings. The van der Waals surface area contributed by atoms with E-state index < -0.39 is 0 Å². The maximum atomic E-state index is 12.6. The average molecular weight is 357 g/mol. The highest BCUT2D eigenvalue weighted by Gasteiger charge is 2.37. The maximum Gasteiger partial charge on any atom is 0.265 e. The van der Waals surface area contributed by atoms with Crippen molar-refractivity contribution in [2.45, 2.75) is 26.7 Å². The largest absolute Gasteiger partial charge is 0.372 e. The van der Waals surface area contributed by atoms with Gasteiger partial charge in [0.1, 0.15) is 5.57 Å². The number of carbonyl (C=O) groups is 2. The number of rotatable bonds is 4. The minimum Gasteiger partial charge on any atom is -0.372 e. The van der Waals surface area contributed by atoms with E-state index in [0.717, 1.165) is 18.7 Å². The van der Waals surface area contributed by atoms with Crippen LogP contribution in [0.25, 0.3) is 6.08 Å². The lowest BCUT2D eigenvalue weighted by atomic mass is 10.1. The first-order valence-corrected chi connectivity index (χ1v) is 9.22. The highest BCUT2D eigenvalue weighted by molar-refractivity contribution is 7.80. The molecule has 5 nitrogen and oxygen atoms in total. The summed E-state index contributed by atoms with van der Waals surface area (Å²) in [5.74, 6) is -0.628. The molecule has 0 radical (unpaired) electrons. The van der Waals surface area contributed by atoms with Gasteiger partial charge in [-0.25, -0.2) is 0 Å². The summed E-state index contributed by atoms with van der Waals surface area (Å²) in [6.45, 7) is 6.80. The van der Waals surface area contributed by atoms with Crippen molar-refractivity contribution in [3.8, 4) is 0 Å². The van der Waals surface area contributed by atoms with Crippen LogP contribution in [0.3, 0.4) is 0 Å². The van der Waals surface area contributed by atoms with Gasteiger partial charge in [-0.05, 0) is 62.7 Å². The fourth-order valence-electron chi connectivity index (χ4n) is 3.31. The second kappa shape index (κ2) is 7.35. The number of carbonyl (C=O) groups excluding carboxylic acids is 2. The summed E-state index contributed by atoms with van der Waals surface area (Å²) in [5, 5.41) is 0.293. The van der Waals surface area contributed by atoms with Gasteiger partial charge < -0.3 is 4.90 Å². The van der Waals surface area contributed by atoms with Crippen molar-refractivity contribution in [1.29, 1.82) is 0 Å². The van der Waals surface area contributed by atoms with Crippen LogP contribution in [0.1, 0.15) is 32.3 Å². The summed E-state index contributed by atoms with van der Waals surface area (Å²) in [6.07, 6.45) is 4.13. The van der Waals surface area contributed by atoms with Gasteiger partial charge in [0.15, 0.2) is 5.11 Å². The van der Waals surface area contributed by atoms with Gasteiger partial charge in [0, 0.05) is 31.9 Å². The van der Waals surface area contributed by atoms with Crippen molar-refractivity contribution in [3.63, 3.8) is 0 Å². The Morgan fingerprint density at radius 3 is 1.96 bits per heavy atom. The third kappa shape index (κ3) is 3.31. The van der Waals surface area contributed by atoms with E-state index in [1.807, 2.05) is 26.0 Å². The number of thiocarbonyl (C=S) groups is 1. The third-order valence-corrected chi connectivity index (χ3v) is 5.16. The molecule has 132 valence electrons. The van der Waals surface area contributed by atoms with Crippen LogP contribution < -0.4 is 4.90 Å². The van der Waals surface area contributed by atoms with Crippen molar-refractivity contribution in [3.05, 3.63) is 35.4 Å². The molecule has 25 heavy (non-hydrogen) atoms. The highest BCUT2D eigenvalue weighted by Crippen LogP contribution is 2.23. The molecule has 0 atom stereocenters. The van der Waals surface area contributed by atoms with E-state index in [1.165, 1.54) is 28.3 Å². The molecule has 1 aromatic carbocycles. The fourth-order valence-corrected chi connectivity index (χ4v) is 3.73. The van der Waals surface area contributed by atoms with E-state index in [4.69, 9.17) is 12.2 Å². The van der Waals surface area contributed by atoms with Crippen LogP contribution in [0.5, 0.6) is 0 Å². The zero-order valence-electron chi connectivity index (χ0n) is 14.7. The van der Waals surface area contributed by atoms with E-state index >= 15 is 0 Å². The van der Waals surface area contributed by atoms with E-state index in [-0.39, 0.29) is 17.4 Å². The van der Waals surface area contributed by atoms with Crippen LogP contribution in [-0.2, 0) is 9.59 Å². The second-order valence-electron chi connectivity index (χ2n) is 6.23. The van der Waals surface area contributed by atoms with Crippen LogP contribution in [0.15, 0.2) is 29.8 Å². The molecular formula is C19H23N3O2S. The Morgan fingerprint density at radius 2 is 1.48 bits per heavy atom. The predicted octanol–water partition coefficient (Wildman–Crippen LogP) is 2.67. The van der Waals surface area contributed by atoms with Gasteiger partial charge in [0.2, 0.25) is 0 Å². The summed E-state index contributed by atoms with van der Waals surface area (Å²) in [5.41, 5.74) is 2.21. The summed E-state index contributed by atoms with van der Waals surface area (Å²) < 4.78 is 0. The molecule has 0 spiro atoms. The van der Waals surface area contributed by atoms with Crippen molar-refractivity contribution < 1.29 is 9.59 Å². The van der Waals surface area contributed by atoms with Crippen LogP contribution in [0, 0.1) is 0 Å². The van der Waals surface area contributed by atoms with Gasteiger partial charge in [0.25, 0.3) is 11.8 Å². The average Bonchev–Trinajstić information content (AvgIpc) is 3.15. The Labute approximate surface area is 153 Å². The summed E-state index contributed by atoms with van der Waals surface area (Å²) in [6, 6.07) is 8.02. The van der Waals surface area contributed by atoms with Gasteiger partial charge in [0.05, 0.1) is 0 Å². The normalized spacial score (nSPS) is 18.4. The summed E-state index contributed by atoms with van der Waals surface area (Å²) >= 11 is 5.27. The molecule has 2 fully saturated rings. The topological polar surface area (TPSA) is 43.9 Å². The molecule has 0 aromatic heterocycles. The van der Waals surface area contributed by atoms with Crippen LogP contribution in [0.4, 0.5) is 5.69 Å². The highest BCUT2D eigenvalue weighted by atomic mass is 32.1. The Bertz CT molecular complexity index is 693. The van der Waals surface area contributed by atoms with Gasteiger partial charge in [-0.3, -0.25) is 19.4 Å². The smallest absolute Gasteiger partial charge is 0.265 e. The molecule has 6 heteroatoms. The predicted molar refractivity (Wildman–Crippen MR) is 103 cm³/mol. The molecule has 3 rings (SSSR count). The van der Waals surface area contributed by atoms with E-state index in [2.05, 4.69) is 17.0 Å². The minimum absolute atomic E-state index is 0.172. The lowest BCUT2D eigenvalue weighted by Crippen LogP contribution is -2.55. The monoisotopic (exact) mass is 357 g/mol. The second-order valence-corrected chi connectivity index (χ2v) is 6.59. The third-order valence-electron chi connectivity index (χ3n) is 4.72. The zero-order valence-corrected chi connectivity index (χ0v) is 15.5. The van der Waals surface area contributed by atoms with Gasteiger partial charge >= 0.3 is 0 Å². The van der Waals surface area contributed by atoms with Gasteiger partial charge in [-0.15, -0.1) is 0 Å². The van der Waals surface area contributed by atoms with Crippen LogP contribution >= 0.6 is 12.2 Å². The number of benzene rings is 1. The lowest BCUT2D eigenvalue weighted by Gasteiger charge is -2.35. The molecule has 2 saturated heterocycles. The molecule has 2 amide bonds. The molecule has 0 N–H and O–H groups in total. The van der Waals surface area contributed by atoms with E-state index in [9.17, 15) is 9.59 Å². The molecular weight excluding hydrogens is 334 g/mol. The first-order valence-electron chi connectivity index (χ1n) is 8.81. The molecule has 2 aliphatic heterocycles. The number of amides is 2. The minimum atomic E-state index is -0.314. The van der Waals surface area contributed by atoms with E-state index in [0.29, 0.717) is 18.2 Å². The standard InChI is InChI=1S/C19H23N3O2S/c1-3-21-17(23)16(18(24)22(4-2)19(21)25)13-14-7-9-15(10-8-14)20-11-5-6-12-20/h7-10,13H,3-6,11-12H2,1-2H3. The van der Waals surface area contributed by atoms with E-state index in [1.54, 1.807) is 6.08 Å². The quantitative estimate of drug-likeness (QED) is 0.472. The maximum absolute atomic E-state index is 12.6. The number of anilines is 1. The van der Waals surface area contributed by atoms with Crippen molar-refractivity contribution in [1.82, 2.24) is 9.80 Å². The molecule has 0 bridgehead atoms. The number of likely N-dealkylation sites (N-methyl/N-ethyl adjacent to an activating group) is 2. The van der Waals surface area contributed by atoms with Crippen LogP contribution in [-0.4, -0.2) is 52.9 Å². The van der Waals surface area contributed by atoms with Crippen molar-refractivity contribution >= 4 is 40.9 Å². The van der Waals surface area contributed by atoms with Crippen molar-refractivity contribution in [2.75, 3.05) is 31.1 Å². The number of hydrogen-bond donors (Lipinski definition) is 0. The Kier molecular flexibility index (Phi) is 5.18. The molecule has 0 saturated carbocycles. The zero-order chi connectivity index (χ0) is 18.0. The Morgan fingerprint density at radius 1 is 0.960 bits per heavy atom. The first kappa shape index (κ1) is 17.6. The lowest BCUT2D eigenvalue weighted by molar-refractivity contribution is -0.133. The Hall–Kier alpha value is -2.21. The fraction of sp³-hybridized carbons (Fsp3) is 0.421. The molecule has 0 unspecified atom stereocenters. The Balaban J connectivity index is 1.88. The van der Waals surface area contributed by atoms with Crippen LogP contribution in [0.2, 0.25) is 0 Å². The molecule has 1 aromatic rings. The summed E-state index contributed by atoms with van der Waals surface area (Å²) in [4.78, 5) is 30.6. The number of nitrogens with zero attached hydrogens (tertiary/aromatic N) is 3. The summed E-state index contributed by atoms with van der Waals surface area (Å²) in [7, 11) is 0. The van der Waals surface area contributed by atoms with Gasteiger partial charge in [-0.1, -0.05) is 12.1 Å². The van der Waals surface area contributed by atoms with Crippen molar-refractivity contribution in [2.24, 2.45) is 0 Å². The molecule has 0 aliphatic carbocycles. The van der Waals surface area contributed by atoms with Gasteiger partial charge in [-0.2, -0.15) is 0 Å². The first-order chi connectivity index (χ1) is 12.1. The molecule has 2 heterocycles. The number of hydrogen-bond acceptors (Lipinski definition) is 4.